The number of aryl methyl sites for hydroxylation is 2. The first-order valence-corrected chi connectivity index (χ1v) is 4.37. The Morgan fingerprint density at radius 2 is 2.07 bits per heavy atom. The van der Waals surface area contributed by atoms with E-state index in [9.17, 15) is 4.39 Å². The van der Waals surface area contributed by atoms with E-state index in [-0.39, 0.29) is 5.82 Å². The molecule has 0 radical (unpaired) electrons. The maximum atomic E-state index is 12.9. The van der Waals surface area contributed by atoms with Crippen molar-refractivity contribution in [3.8, 4) is 11.3 Å². The predicted octanol–water partition coefficient (Wildman–Crippen LogP) is 3.10. The van der Waals surface area contributed by atoms with Gasteiger partial charge in [0, 0.05) is 12.5 Å². The molecule has 0 aliphatic heterocycles. The van der Waals surface area contributed by atoms with E-state index in [1.165, 1.54) is 12.1 Å². The summed E-state index contributed by atoms with van der Waals surface area (Å²) in [5.74, 6) is 1.05. The zero-order chi connectivity index (χ0) is 10.1. The molecule has 0 N–H and O–H groups in total. The Hall–Kier alpha value is -1.64. The summed E-state index contributed by atoms with van der Waals surface area (Å²) in [6, 6.07) is 6.33. The first-order chi connectivity index (χ1) is 6.66. The fourth-order valence-electron chi connectivity index (χ4n) is 1.43. The summed E-state index contributed by atoms with van der Waals surface area (Å²) in [4.78, 5) is 4.19. The van der Waals surface area contributed by atoms with Gasteiger partial charge in [0.15, 0.2) is 5.89 Å². The van der Waals surface area contributed by atoms with Crippen molar-refractivity contribution in [2.45, 2.75) is 13.8 Å². The Bertz CT molecular complexity index is 462. The van der Waals surface area contributed by atoms with Gasteiger partial charge in [0.1, 0.15) is 17.3 Å². The molecule has 0 aliphatic rings. The van der Waals surface area contributed by atoms with Crippen LogP contribution in [0.15, 0.2) is 28.7 Å². The lowest BCUT2D eigenvalue weighted by Crippen LogP contribution is -1.82. The van der Waals surface area contributed by atoms with Gasteiger partial charge in [0.25, 0.3) is 0 Å². The average Bonchev–Trinajstić information content (AvgIpc) is 2.45. The van der Waals surface area contributed by atoms with Crippen molar-refractivity contribution in [3.05, 3.63) is 41.7 Å². The first-order valence-electron chi connectivity index (χ1n) is 4.37. The molecule has 3 heteroatoms. The number of oxazole rings is 1. The van der Waals surface area contributed by atoms with Gasteiger partial charge in [-0.05, 0) is 19.1 Å². The van der Waals surface area contributed by atoms with E-state index in [1.807, 2.05) is 13.0 Å². The van der Waals surface area contributed by atoms with E-state index in [4.69, 9.17) is 4.42 Å². The largest absolute Gasteiger partial charge is 0.446 e. The van der Waals surface area contributed by atoms with Crippen molar-refractivity contribution >= 4 is 0 Å². The minimum absolute atomic E-state index is 0.262. The molecule has 2 nitrogen and oxygen atoms in total. The second kappa shape index (κ2) is 3.25. The molecule has 0 unspecified atom stereocenters. The molecule has 0 atom stereocenters. The van der Waals surface area contributed by atoms with Crippen LogP contribution in [0, 0.1) is 19.7 Å². The van der Waals surface area contributed by atoms with Gasteiger partial charge in [-0.15, -0.1) is 0 Å². The maximum absolute atomic E-state index is 12.9. The van der Waals surface area contributed by atoms with Gasteiger partial charge in [-0.1, -0.05) is 12.1 Å². The number of rotatable bonds is 1. The standard InChI is InChI=1S/C11H10FNO/c1-7-11(13-8(2)14-7)9-4-3-5-10(12)6-9/h3-6H,1-2H3. The molecular formula is C11H10FNO. The fraction of sp³-hybridized carbons (Fsp3) is 0.182. The topological polar surface area (TPSA) is 26.0 Å². The van der Waals surface area contributed by atoms with Crippen LogP contribution in [0.1, 0.15) is 11.7 Å². The van der Waals surface area contributed by atoms with Crippen molar-refractivity contribution in [1.82, 2.24) is 4.98 Å². The molecule has 14 heavy (non-hydrogen) atoms. The summed E-state index contributed by atoms with van der Waals surface area (Å²) in [6.07, 6.45) is 0. The van der Waals surface area contributed by atoms with Crippen molar-refractivity contribution in [2.24, 2.45) is 0 Å². The number of benzene rings is 1. The number of hydrogen-bond donors (Lipinski definition) is 0. The molecule has 2 aromatic rings. The molecule has 1 aromatic heterocycles. The molecule has 2 rings (SSSR count). The van der Waals surface area contributed by atoms with Crippen LogP contribution in [0.5, 0.6) is 0 Å². The summed E-state index contributed by atoms with van der Waals surface area (Å²) in [7, 11) is 0. The van der Waals surface area contributed by atoms with Gasteiger partial charge in [-0.2, -0.15) is 0 Å². The lowest BCUT2D eigenvalue weighted by atomic mass is 10.1. The van der Waals surface area contributed by atoms with E-state index >= 15 is 0 Å². The SMILES string of the molecule is Cc1nc(-c2cccc(F)c2)c(C)o1. The minimum atomic E-state index is -0.262. The zero-order valence-electron chi connectivity index (χ0n) is 8.04. The Morgan fingerprint density at radius 1 is 1.29 bits per heavy atom. The number of halogens is 1. The fourth-order valence-corrected chi connectivity index (χ4v) is 1.43. The van der Waals surface area contributed by atoms with Crippen LogP contribution in [0.2, 0.25) is 0 Å². The molecule has 0 saturated carbocycles. The highest BCUT2D eigenvalue weighted by atomic mass is 19.1. The summed E-state index contributed by atoms with van der Waals surface area (Å²) in [5, 5.41) is 0. The number of hydrogen-bond acceptors (Lipinski definition) is 2. The van der Waals surface area contributed by atoms with E-state index < -0.39 is 0 Å². The third kappa shape index (κ3) is 1.53. The highest BCUT2D eigenvalue weighted by Crippen LogP contribution is 2.23. The van der Waals surface area contributed by atoms with E-state index in [0.29, 0.717) is 17.3 Å². The lowest BCUT2D eigenvalue weighted by Gasteiger charge is -1.96. The van der Waals surface area contributed by atoms with Gasteiger partial charge >= 0.3 is 0 Å². The van der Waals surface area contributed by atoms with Crippen molar-refractivity contribution in [2.75, 3.05) is 0 Å². The van der Waals surface area contributed by atoms with Gasteiger partial charge in [0.05, 0.1) is 0 Å². The highest BCUT2D eigenvalue weighted by Gasteiger charge is 2.09. The van der Waals surface area contributed by atoms with Crippen LogP contribution in [-0.2, 0) is 0 Å². The monoisotopic (exact) mass is 191 g/mol. The van der Waals surface area contributed by atoms with Crippen molar-refractivity contribution < 1.29 is 8.81 Å². The van der Waals surface area contributed by atoms with Crippen LogP contribution in [0.25, 0.3) is 11.3 Å². The van der Waals surface area contributed by atoms with Crippen molar-refractivity contribution in [3.63, 3.8) is 0 Å². The van der Waals surface area contributed by atoms with E-state index in [2.05, 4.69) is 4.98 Å². The summed E-state index contributed by atoms with van der Waals surface area (Å²) in [5.41, 5.74) is 1.46. The normalized spacial score (nSPS) is 10.5. The number of aromatic nitrogens is 1. The molecule has 1 aromatic carbocycles. The van der Waals surface area contributed by atoms with Gasteiger partial charge in [-0.3, -0.25) is 0 Å². The first kappa shape index (κ1) is 8.94. The van der Waals surface area contributed by atoms with Crippen LogP contribution in [0.3, 0.4) is 0 Å². The molecule has 0 aliphatic carbocycles. The third-order valence-corrected chi connectivity index (χ3v) is 2.00. The molecule has 0 spiro atoms. The quantitative estimate of drug-likeness (QED) is 0.692. The van der Waals surface area contributed by atoms with Crippen LogP contribution >= 0.6 is 0 Å². The smallest absolute Gasteiger partial charge is 0.191 e. The van der Waals surface area contributed by atoms with Crippen LogP contribution in [-0.4, -0.2) is 4.98 Å². The maximum Gasteiger partial charge on any atom is 0.191 e. The summed E-state index contributed by atoms with van der Waals surface area (Å²) < 4.78 is 18.2. The summed E-state index contributed by atoms with van der Waals surface area (Å²) in [6.45, 7) is 3.59. The third-order valence-electron chi connectivity index (χ3n) is 2.00. The average molecular weight is 191 g/mol. The molecular weight excluding hydrogens is 181 g/mol. The minimum Gasteiger partial charge on any atom is -0.446 e. The van der Waals surface area contributed by atoms with E-state index in [1.54, 1.807) is 13.0 Å². The highest BCUT2D eigenvalue weighted by molar-refractivity contribution is 5.60. The second-order valence-electron chi connectivity index (χ2n) is 3.15. The zero-order valence-corrected chi connectivity index (χ0v) is 8.04. The number of nitrogens with zero attached hydrogens (tertiary/aromatic N) is 1. The Labute approximate surface area is 81.4 Å². The molecule has 72 valence electrons. The summed E-state index contributed by atoms with van der Waals surface area (Å²) >= 11 is 0. The van der Waals surface area contributed by atoms with Gasteiger partial charge in [-0.25, -0.2) is 9.37 Å². The molecule has 0 bridgehead atoms. The van der Waals surface area contributed by atoms with Gasteiger partial charge in [0.2, 0.25) is 0 Å². The van der Waals surface area contributed by atoms with Gasteiger partial charge < -0.3 is 4.42 Å². The molecule has 0 fully saturated rings. The lowest BCUT2D eigenvalue weighted by molar-refractivity contribution is 0.495. The predicted molar refractivity (Wildman–Crippen MR) is 51.4 cm³/mol. The van der Waals surface area contributed by atoms with Crippen LogP contribution < -0.4 is 0 Å². The van der Waals surface area contributed by atoms with Crippen LogP contribution in [0.4, 0.5) is 4.39 Å². The van der Waals surface area contributed by atoms with Crippen molar-refractivity contribution in [1.29, 1.82) is 0 Å². The Kier molecular flexibility index (Phi) is 2.08. The van der Waals surface area contributed by atoms with E-state index in [0.717, 1.165) is 5.56 Å². The molecule has 0 amide bonds. The second-order valence-corrected chi connectivity index (χ2v) is 3.15. The Balaban J connectivity index is 2.54. The Morgan fingerprint density at radius 3 is 2.64 bits per heavy atom. The molecule has 0 saturated heterocycles. The molecule has 1 heterocycles.